The summed E-state index contributed by atoms with van der Waals surface area (Å²) in [5, 5.41) is 14.5. The number of nitrogen functional groups attached to an aromatic ring is 1. The number of hydrogen-bond acceptors (Lipinski definition) is 9. The van der Waals surface area contributed by atoms with E-state index in [1.54, 1.807) is 10.7 Å². The van der Waals surface area contributed by atoms with Gasteiger partial charge in [-0.25, -0.2) is 9.97 Å². The Kier molecular flexibility index (Phi) is 5.65. The molecule has 4 aromatic heterocycles. The van der Waals surface area contributed by atoms with E-state index in [9.17, 15) is 9.59 Å². The van der Waals surface area contributed by atoms with Gasteiger partial charge in [0.1, 0.15) is 12.1 Å². The summed E-state index contributed by atoms with van der Waals surface area (Å²) in [6.45, 7) is 2.53. The van der Waals surface area contributed by atoms with Gasteiger partial charge in [0.2, 0.25) is 5.82 Å². The fourth-order valence-corrected chi connectivity index (χ4v) is 6.76. The van der Waals surface area contributed by atoms with Gasteiger partial charge in [0.25, 0.3) is 5.91 Å². The molecule has 3 fully saturated rings. The molecule has 12 nitrogen and oxygen atoms in total. The fourth-order valence-electron chi connectivity index (χ4n) is 6.76. The zero-order valence-corrected chi connectivity index (χ0v) is 21.7. The zero-order chi connectivity index (χ0) is 26.7. The molecule has 3 unspecified atom stereocenters. The van der Waals surface area contributed by atoms with E-state index in [-0.39, 0.29) is 35.5 Å². The molecule has 4 N–H and O–H groups in total. The van der Waals surface area contributed by atoms with Gasteiger partial charge in [-0.2, -0.15) is 14.7 Å². The highest BCUT2D eigenvalue weighted by molar-refractivity contribution is 6.00. The third-order valence-electron chi connectivity index (χ3n) is 8.55. The number of carbonyl (C=O) groups excluding carboxylic acids is 2. The molecular formula is C27H30N10O2. The second-order valence-corrected chi connectivity index (χ2v) is 10.8. The first kappa shape index (κ1) is 23.9. The van der Waals surface area contributed by atoms with Crippen LogP contribution in [0.4, 0.5) is 5.82 Å². The molecule has 7 heterocycles. The van der Waals surface area contributed by atoms with Crippen LogP contribution < -0.4 is 11.1 Å². The molecule has 0 spiro atoms. The number of Topliss-reactive ketones (excluding diaryl/α,β-unsaturated/α-hetero) is 1. The maximum atomic E-state index is 13.1. The van der Waals surface area contributed by atoms with Crippen LogP contribution in [0, 0.1) is 0 Å². The Balaban J connectivity index is 1.25. The van der Waals surface area contributed by atoms with Gasteiger partial charge in [0, 0.05) is 41.4 Å². The van der Waals surface area contributed by atoms with Crippen LogP contribution in [0.25, 0.3) is 16.8 Å². The predicted octanol–water partition coefficient (Wildman–Crippen LogP) is 2.67. The first-order valence-corrected chi connectivity index (χ1v) is 13.6. The van der Waals surface area contributed by atoms with E-state index in [4.69, 9.17) is 15.7 Å². The van der Waals surface area contributed by atoms with Gasteiger partial charge in [0.05, 0.1) is 23.1 Å². The highest BCUT2D eigenvalue weighted by atomic mass is 16.2. The lowest BCUT2D eigenvalue weighted by molar-refractivity contribution is 0.0556. The van der Waals surface area contributed by atoms with Crippen molar-refractivity contribution in [2.45, 2.75) is 69.5 Å². The highest BCUT2D eigenvalue weighted by Gasteiger charge is 2.45. The summed E-state index contributed by atoms with van der Waals surface area (Å²) >= 11 is 0. The van der Waals surface area contributed by atoms with Crippen molar-refractivity contribution in [1.29, 1.82) is 0 Å². The molecule has 3 aliphatic heterocycles. The molecule has 39 heavy (non-hydrogen) atoms. The maximum Gasteiger partial charge on any atom is 0.291 e. The molecule has 3 aliphatic rings. The number of nitrogens with zero attached hydrogens (tertiary/aromatic N) is 7. The van der Waals surface area contributed by atoms with Crippen molar-refractivity contribution in [2.24, 2.45) is 0 Å². The number of hydrogen-bond donors (Lipinski definition) is 3. The minimum Gasteiger partial charge on any atom is -0.383 e. The summed E-state index contributed by atoms with van der Waals surface area (Å²) in [7, 11) is 0. The third-order valence-corrected chi connectivity index (χ3v) is 8.55. The molecule has 200 valence electrons. The van der Waals surface area contributed by atoms with Crippen molar-refractivity contribution < 1.29 is 9.59 Å². The molecule has 0 saturated carbocycles. The average molecular weight is 527 g/mol. The Hall–Kier alpha value is -4.19. The van der Waals surface area contributed by atoms with Gasteiger partial charge in [-0.3, -0.25) is 19.7 Å². The van der Waals surface area contributed by atoms with Crippen LogP contribution in [0.1, 0.15) is 89.8 Å². The van der Waals surface area contributed by atoms with Crippen molar-refractivity contribution >= 4 is 23.2 Å². The number of nitrogens with two attached hydrogens (primary N) is 1. The summed E-state index contributed by atoms with van der Waals surface area (Å²) in [5.41, 5.74) is 11.0. The Morgan fingerprint density at radius 1 is 1.08 bits per heavy atom. The van der Waals surface area contributed by atoms with Crippen molar-refractivity contribution in [3.05, 3.63) is 53.6 Å². The van der Waals surface area contributed by atoms with Crippen LogP contribution in [0.15, 0.2) is 30.9 Å². The van der Waals surface area contributed by atoms with E-state index in [1.807, 2.05) is 17.2 Å². The average Bonchev–Trinajstić information content (AvgIpc) is 3.75. The number of piperidine rings is 1. The molecule has 4 atom stereocenters. The largest absolute Gasteiger partial charge is 0.383 e. The van der Waals surface area contributed by atoms with Crippen LogP contribution >= 0.6 is 0 Å². The molecular weight excluding hydrogens is 496 g/mol. The Labute approximate surface area is 224 Å². The van der Waals surface area contributed by atoms with Crippen LogP contribution in [0.5, 0.6) is 0 Å². The number of H-pyrrole nitrogens is 1. The topological polar surface area (TPSA) is 160 Å². The molecule has 0 aromatic carbocycles. The SMILES string of the molecule is CC(=O)c1c(C2CC3CC[C@@H](C2)N3C(=O)c2ncn[nH]2)nc2c(-c3ccc(C4CCCN4)nc3)cnn2c1N. The number of anilines is 1. The summed E-state index contributed by atoms with van der Waals surface area (Å²) in [4.78, 5) is 41.8. The van der Waals surface area contributed by atoms with Crippen LogP contribution in [-0.4, -0.2) is 70.0 Å². The first-order chi connectivity index (χ1) is 19.0. The lowest BCUT2D eigenvalue weighted by atomic mass is 9.85. The predicted molar refractivity (Wildman–Crippen MR) is 142 cm³/mol. The number of carbonyl (C=O) groups is 2. The van der Waals surface area contributed by atoms with Crippen molar-refractivity contribution in [3.8, 4) is 11.1 Å². The summed E-state index contributed by atoms with van der Waals surface area (Å²) in [6.07, 6.45) is 10.4. The summed E-state index contributed by atoms with van der Waals surface area (Å²) in [6, 6.07) is 4.46. The van der Waals surface area contributed by atoms with Crippen molar-refractivity contribution in [2.75, 3.05) is 12.3 Å². The summed E-state index contributed by atoms with van der Waals surface area (Å²) in [5.74, 6) is 0.266. The Morgan fingerprint density at radius 2 is 1.90 bits per heavy atom. The van der Waals surface area contributed by atoms with Gasteiger partial charge in [-0.1, -0.05) is 6.07 Å². The van der Waals surface area contributed by atoms with E-state index in [1.165, 1.54) is 13.3 Å². The molecule has 1 amide bonds. The van der Waals surface area contributed by atoms with Crippen molar-refractivity contribution in [3.63, 3.8) is 0 Å². The molecule has 0 aliphatic carbocycles. The minimum atomic E-state index is -0.142. The van der Waals surface area contributed by atoms with E-state index >= 15 is 0 Å². The van der Waals surface area contributed by atoms with Crippen LogP contribution in [-0.2, 0) is 0 Å². The zero-order valence-electron chi connectivity index (χ0n) is 21.7. The highest BCUT2D eigenvalue weighted by Crippen LogP contribution is 2.45. The number of fused-ring (bicyclic) bond motifs is 3. The smallest absolute Gasteiger partial charge is 0.291 e. The lowest BCUT2D eigenvalue weighted by Crippen LogP contribution is -2.46. The van der Waals surface area contributed by atoms with Crippen molar-refractivity contribution in [1.82, 2.24) is 45.0 Å². The molecule has 0 radical (unpaired) electrons. The number of pyridine rings is 1. The number of amides is 1. The van der Waals surface area contributed by atoms with E-state index < -0.39 is 0 Å². The van der Waals surface area contributed by atoms with Crippen LogP contribution in [0.2, 0.25) is 0 Å². The van der Waals surface area contributed by atoms with Gasteiger partial charge in [-0.05, 0) is 58.1 Å². The fraction of sp³-hybridized carbons (Fsp3) is 0.444. The van der Waals surface area contributed by atoms with E-state index in [0.29, 0.717) is 41.6 Å². The Morgan fingerprint density at radius 3 is 2.54 bits per heavy atom. The van der Waals surface area contributed by atoms with E-state index in [0.717, 1.165) is 49.0 Å². The molecule has 3 saturated heterocycles. The standard InChI is InChI=1S/C27H30N10O2/c1-14(38)22-23(16-9-17-5-6-18(10-16)36(17)27(39)25-31-13-32-35-25)34-26-19(12-33-37(26)24(22)28)15-4-7-21(30-11-15)20-3-2-8-29-20/h4,7,11-13,16-18,20,29H,2-3,5-6,8-10,28H2,1H3,(H,31,32,35)/t16?,17-,18?,20?/m0/s1. The minimum absolute atomic E-state index is 0.0100. The second-order valence-electron chi connectivity index (χ2n) is 10.8. The number of ketones is 1. The van der Waals surface area contributed by atoms with Gasteiger partial charge in [0.15, 0.2) is 11.4 Å². The van der Waals surface area contributed by atoms with Gasteiger partial charge < -0.3 is 16.0 Å². The number of aromatic amines is 1. The second kappa shape index (κ2) is 9.23. The quantitative estimate of drug-likeness (QED) is 0.332. The number of rotatable bonds is 5. The number of nitrogens with one attached hydrogen (secondary N) is 2. The normalized spacial score (nSPS) is 24.5. The Bertz CT molecular complexity index is 1540. The molecule has 2 bridgehead atoms. The van der Waals surface area contributed by atoms with E-state index in [2.05, 4.69) is 31.7 Å². The molecule has 4 aromatic rings. The van der Waals surface area contributed by atoms with Gasteiger partial charge >= 0.3 is 0 Å². The maximum absolute atomic E-state index is 13.1. The van der Waals surface area contributed by atoms with Gasteiger partial charge in [-0.15, -0.1) is 0 Å². The number of aromatic nitrogens is 7. The lowest BCUT2D eigenvalue weighted by Gasteiger charge is -2.38. The molecule has 7 rings (SSSR count). The third kappa shape index (κ3) is 3.89. The summed E-state index contributed by atoms with van der Waals surface area (Å²) < 4.78 is 1.55. The first-order valence-electron chi connectivity index (χ1n) is 13.6. The van der Waals surface area contributed by atoms with Crippen LogP contribution in [0.3, 0.4) is 0 Å². The molecule has 12 heteroatoms. The monoisotopic (exact) mass is 526 g/mol.